The third-order valence-corrected chi connectivity index (χ3v) is 2.04. The van der Waals surface area contributed by atoms with Gasteiger partial charge in [0.15, 0.2) is 6.61 Å². The molecule has 0 spiro atoms. The van der Waals surface area contributed by atoms with Gasteiger partial charge in [-0.05, 0) is 12.1 Å². The Morgan fingerprint density at radius 3 is 2.62 bits per heavy atom. The Hall–Kier alpha value is -1.43. The first kappa shape index (κ1) is 12.6. The van der Waals surface area contributed by atoms with Gasteiger partial charge in [-0.3, -0.25) is 0 Å². The lowest BCUT2D eigenvalue weighted by Gasteiger charge is -2.09. The minimum Gasteiger partial charge on any atom is -0.452 e. The fraction of sp³-hybridized carbons (Fsp3) is 0.222. The van der Waals surface area contributed by atoms with E-state index in [9.17, 15) is 18.0 Å². The summed E-state index contributed by atoms with van der Waals surface area (Å²) in [5, 5.41) is -0.116. The highest BCUT2D eigenvalue weighted by Crippen LogP contribution is 2.24. The molecule has 2 N–H and O–H groups in total. The standard InChI is InChI=1S/C9H7ClF3NO2/c10-7-5(2-1-3-6(7)14)8(15)16-4-9(11,12)13/h1-3H,4,14H2. The molecule has 0 heterocycles. The van der Waals surface area contributed by atoms with Crippen LogP contribution in [0.1, 0.15) is 10.4 Å². The lowest BCUT2D eigenvalue weighted by molar-refractivity contribution is -0.161. The Bertz CT molecular complexity index is 406. The molecule has 16 heavy (non-hydrogen) atoms. The van der Waals surface area contributed by atoms with E-state index in [2.05, 4.69) is 4.74 Å². The van der Waals surface area contributed by atoms with Gasteiger partial charge < -0.3 is 10.5 Å². The van der Waals surface area contributed by atoms with E-state index in [1.807, 2.05) is 0 Å². The molecule has 0 aliphatic carbocycles. The van der Waals surface area contributed by atoms with Crippen molar-refractivity contribution in [3.8, 4) is 0 Å². The number of ether oxygens (including phenoxy) is 1. The zero-order chi connectivity index (χ0) is 12.3. The lowest BCUT2D eigenvalue weighted by atomic mass is 10.2. The largest absolute Gasteiger partial charge is 0.452 e. The van der Waals surface area contributed by atoms with Gasteiger partial charge in [-0.25, -0.2) is 4.79 Å². The number of esters is 1. The van der Waals surface area contributed by atoms with Crippen molar-refractivity contribution in [3.05, 3.63) is 28.8 Å². The van der Waals surface area contributed by atoms with Crippen LogP contribution in [0.25, 0.3) is 0 Å². The predicted octanol–water partition coefficient (Wildman–Crippen LogP) is 2.64. The maximum Gasteiger partial charge on any atom is 0.422 e. The molecule has 0 bridgehead atoms. The summed E-state index contributed by atoms with van der Waals surface area (Å²) in [4.78, 5) is 11.2. The SMILES string of the molecule is Nc1cccc(C(=O)OCC(F)(F)F)c1Cl. The molecule has 0 aliphatic heterocycles. The summed E-state index contributed by atoms with van der Waals surface area (Å²) >= 11 is 5.63. The number of hydrogen-bond donors (Lipinski definition) is 1. The topological polar surface area (TPSA) is 52.3 Å². The summed E-state index contributed by atoms with van der Waals surface area (Å²) in [6, 6.07) is 4.05. The van der Waals surface area contributed by atoms with Gasteiger partial charge in [0.25, 0.3) is 0 Å². The van der Waals surface area contributed by atoms with Crippen LogP contribution in [0.3, 0.4) is 0 Å². The molecule has 0 amide bonds. The van der Waals surface area contributed by atoms with E-state index in [1.165, 1.54) is 18.2 Å². The molecule has 1 rings (SSSR count). The van der Waals surface area contributed by atoms with Crippen LogP contribution in [0.2, 0.25) is 5.02 Å². The number of halogens is 4. The summed E-state index contributed by atoms with van der Waals surface area (Å²) in [5.41, 5.74) is 5.29. The Labute approximate surface area is 93.9 Å². The van der Waals surface area contributed by atoms with Gasteiger partial charge in [0, 0.05) is 0 Å². The number of nitrogens with two attached hydrogens (primary N) is 1. The number of carbonyl (C=O) groups excluding carboxylic acids is 1. The summed E-state index contributed by atoms with van der Waals surface area (Å²) in [6.45, 7) is -1.66. The third-order valence-electron chi connectivity index (χ3n) is 1.62. The maximum absolute atomic E-state index is 11.8. The van der Waals surface area contributed by atoms with Crippen LogP contribution in [0, 0.1) is 0 Å². The Kier molecular flexibility index (Phi) is 3.64. The lowest BCUT2D eigenvalue weighted by Crippen LogP contribution is -2.20. The minimum atomic E-state index is -4.57. The molecule has 1 aromatic rings. The molecule has 1 aromatic carbocycles. The maximum atomic E-state index is 11.8. The second-order valence-electron chi connectivity index (χ2n) is 2.90. The Balaban J connectivity index is 2.78. The van der Waals surface area contributed by atoms with Crippen molar-refractivity contribution in [2.24, 2.45) is 0 Å². The van der Waals surface area contributed by atoms with Crippen LogP contribution in [0.15, 0.2) is 18.2 Å². The van der Waals surface area contributed by atoms with Crippen molar-refractivity contribution >= 4 is 23.3 Å². The van der Waals surface area contributed by atoms with Crippen LogP contribution >= 0.6 is 11.6 Å². The smallest absolute Gasteiger partial charge is 0.422 e. The summed E-state index contributed by atoms with van der Waals surface area (Å²) < 4.78 is 39.4. The molecular formula is C9H7ClF3NO2. The second-order valence-corrected chi connectivity index (χ2v) is 3.28. The number of alkyl halides is 3. The normalized spacial score (nSPS) is 11.2. The molecule has 0 aliphatic rings. The molecule has 0 saturated carbocycles. The molecule has 0 radical (unpaired) electrons. The van der Waals surface area contributed by atoms with Crippen LogP contribution in [0.4, 0.5) is 18.9 Å². The number of nitrogen functional groups attached to an aromatic ring is 1. The number of benzene rings is 1. The highest BCUT2D eigenvalue weighted by Gasteiger charge is 2.30. The van der Waals surface area contributed by atoms with Crippen molar-refractivity contribution in [2.75, 3.05) is 12.3 Å². The summed E-state index contributed by atoms with van der Waals surface area (Å²) in [7, 11) is 0. The van der Waals surface area contributed by atoms with Crippen molar-refractivity contribution in [3.63, 3.8) is 0 Å². The van der Waals surface area contributed by atoms with Gasteiger partial charge in [0.05, 0.1) is 16.3 Å². The second kappa shape index (κ2) is 4.61. The van der Waals surface area contributed by atoms with E-state index in [0.717, 1.165) is 0 Å². The van der Waals surface area contributed by atoms with Gasteiger partial charge in [-0.2, -0.15) is 13.2 Å². The summed E-state index contributed by atoms with van der Waals surface area (Å²) in [6.07, 6.45) is -4.57. The van der Waals surface area contributed by atoms with E-state index >= 15 is 0 Å². The zero-order valence-electron chi connectivity index (χ0n) is 7.84. The van der Waals surface area contributed by atoms with Crippen LogP contribution in [-0.4, -0.2) is 18.8 Å². The number of rotatable bonds is 2. The average molecular weight is 254 g/mol. The quantitative estimate of drug-likeness (QED) is 0.651. The molecule has 0 unspecified atom stereocenters. The fourth-order valence-electron chi connectivity index (χ4n) is 0.933. The molecule has 3 nitrogen and oxygen atoms in total. The zero-order valence-corrected chi connectivity index (χ0v) is 8.60. The van der Waals surface area contributed by atoms with Crippen molar-refractivity contribution < 1.29 is 22.7 Å². The van der Waals surface area contributed by atoms with Crippen LogP contribution in [0.5, 0.6) is 0 Å². The van der Waals surface area contributed by atoms with Crippen molar-refractivity contribution in [2.45, 2.75) is 6.18 Å². The fourth-order valence-corrected chi connectivity index (χ4v) is 1.14. The van der Waals surface area contributed by atoms with Gasteiger partial charge in [0.2, 0.25) is 0 Å². The molecule has 88 valence electrons. The highest BCUT2D eigenvalue weighted by atomic mass is 35.5. The molecule has 0 fully saturated rings. The van der Waals surface area contributed by atoms with Gasteiger partial charge in [0.1, 0.15) is 0 Å². The molecule has 7 heteroatoms. The number of carbonyl (C=O) groups is 1. The average Bonchev–Trinajstić information content (AvgIpc) is 2.17. The van der Waals surface area contributed by atoms with Crippen LogP contribution < -0.4 is 5.73 Å². The summed E-state index contributed by atoms with van der Waals surface area (Å²) in [5.74, 6) is -1.16. The first-order chi connectivity index (χ1) is 7.31. The molecule has 0 aromatic heterocycles. The van der Waals surface area contributed by atoms with Crippen LogP contribution in [-0.2, 0) is 4.74 Å². The van der Waals surface area contributed by atoms with E-state index in [1.54, 1.807) is 0 Å². The monoisotopic (exact) mass is 253 g/mol. The van der Waals surface area contributed by atoms with Gasteiger partial charge in [-0.1, -0.05) is 17.7 Å². The highest BCUT2D eigenvalue weighted by molar-refractivity contribution is 6.36. The Morgan fingerprint density at radius 1 is 1.44 bits per heavy atom. The number of anilines is 1. The van der Waals surface area contributed by atoms with Gasteiger partial charge in [-0.15, -0.1) is 0 Å². The first-order valence-corrected chi connectivity index (χ1v) is 4.47. The van der Waals surface area contributed by atoms with Crippen molar-refractivity contribution in [1.29, 1.82) is 0 Å². The predicted molar refractivity (Wildman–Crippen MR) is 52.2 cm³/mol. The third kappa shape index (κ3) is 3.30. The van der Waals surface area contributed by atoms with E-state index in [0.29, 0.717) is 0 Å². The molecule has 0 saturated heterocycles. The van der Waals surface area contributed by atoms with Crippen molar-refractivity contribution in [1.82, 2.24) is 0 Å². The molecular weight excluding hydrogens is 247 g/mol. The molecule has 0 atom stereocenters. The van der Waals surface area contributed by atoms with Gasteiger partial charge >= 0.3 is 12.1 Å². The first-order valence-electron chi connectivity index (χ1n) is 4.09. The number of hydrogen-bond acceptors (Lipinski definition) is 3. The van der Waals surface area contributed by atoms with E-state index in [-0.39, 0.29) is 16.3 Å². The Morgan fingerprint density at radius 2 is 2.06 bits per heavy atom. The van der Waals surface area contributed by atoms with E-state index < -0.39 is 18.8 Å². The minimum absolute atomic E-state index is 0.100. The van der Waals surface area contributed by atoms with E-state index in [4.69, 9.17) is 17.3 Å².